The lowest BCUT2D eigenvalue weighted by Crippen LogP contribution is -2.58. The fourth-order valence-electron chi connectivity index (χ4n) is 5.32. The number of ether oxygens (including phenoxy) is 1. The van der Waals surface area contributed by atoms with E-state index in [1.165, 1.54) is 18.2 Å². The van der Waals surface area contributed by atoms with Gasteiger partial charge in [-0.25, -0.2) is 9.59 Å². The summed E-state index contributed by atoms with van der Waals surface area (Å²) < 4.78 is 5.24. The van der Waals surface area contributed by atoms with E-state index in [1.807, 2.05) is 13.8 Å². The average Bonchev–Trinajstić information content (AvgIpc) is 3.07. The maximum absolute atomic E-state index is 13.5. The Morgan fingerprint density at radius 1 is 0.917 bits per heavy atom. The monoisotopic (exact) mass is 671 g/mol. The molecule has 6 N–H and O–H groups in total. The van der Waals surface area contributed by atoms with Gasteiger partial charge in [-0.05, 0) is 43.1 Å². The Kier molecular flexibility index (Phi) is 16.8. The fourth-order valence-corrected chi connectivity index (χ4v) is 5.32. The van der Waals surface area contributed by atoms with E-state index in [1.54, 1.807) is 25.1 Å². The molecule has 4 atom stereocenters. The molecule has 1 aromatic rings. The SMILES string of the molecule is C=CC[C@H](NC(=O)[C@@H](NC(=O)OCC(C)C)C1CCCCC1)C(=O)NC(CCC)C(=O)C(=O)NCC(=O)NC(C(=O)O)c1ccccc1. The minimum absolute atomic E-state index is 0.00167. The third-order valence-corrected chi connectivity index (χ3v) is 7.79. The Balaban J connectivity index is 2.06. The van der Waals surface area contributed by atoms with Crippen molar-refractivity contribution in [2.75, 3.05) is 13.2 Å². The second kappa shape index (κ2) is 20.5. The largest absolute Gasteiger partial charge is 0.479 e. The highest BCUT2D eigenvalue weighted by atomic mass is 16.5. The number of carbonyl (C=O) groups excluding carboxylic acids is 6. The number of rotatable bonds is 19. The molecule has 0 radical (unpaired) electrons. The Morgan fingerprint density at radius 3 is 2.15 bits per heavy atom. The van der Waals surface area contributed by atoms with E-state index in [9.17, 15) is 38.7 Å². The maximum atomic E-state index is 13.5. The zero-order chi connectivity index (χ0) is 35.6. The van der Waals surface area contributed by atoms with Crippen LogP contribution in [-0.4, -0.2) is 77.9 Å². The highest BCUT2D eigenvalue weighted by molar-refractivity contribution is 6.38. The second-order valence-corrected chi connectivity index (χ2v) is 12.2. The maximum Gasteiger partial charge on any atom is 0.407 e. The summed E-state index contributed by atoms with van der Waals surface area (Å²) in [6.07, 6.45) is 5.42. The third kappa shape index (κ3) is 13.2. The minimum atomic E-state index is -1.37. The predicted molar refractivity (Wildman–Crippen MR) is 176 cm³/mol. The molecule has 1 aromatic carbocycles. The van der Waals surface area contributed by atoms with Crippen molar-refractivity contribution in [2.24, 2.45) is 11.8 Å². The molecule has 0 spiro atoms. The van der Waals surface area contributed by atoms with Gasteiger partial charge in [-0.2, -0.15) is 0 Å². The fraction of sp³-hybridized carbons (Fsp3) is 0.559. The Morgan fingerprint density at radius 2 is 1.56 bits per heavy atom. The van der Waals surface area contributed by atoms with Crippen molar-refractivity contribution in [1.82, 2.24) is 26.6 Å². The minimum Gasteiger partial charge on any atom is -0.479 e. The summed E-state index contributed by atoms with van der Waals surface area (Å²) >= 11 is 0. The van der Waals surface area contributed by atoms with Crippen LogP contribution in [0.2, 0.25) is 0 Å². The number of carboxylic acid groups (broad SMARTS) is 1. The number of Topliss-reactive ketones (excluding diaryl/α,β-unsaturated/α-hetero) is 1. The first-order valence-corrected chi connectivity index (χ1v) is 16.4. The normalized spacial score (nSPS) is 15.5. The van der Waals surface area contributed by atoms with Crippen molar-refractivity contribution in [3.63, 3.8) is 0 Å². The number of hydrogen-bond donors (Lipinski definition) is 6. The smallest absolute Gasteiger partial charge is 0.407 e. The molecule has 2 unspecified atom stereocenters. The number of nitrogens with one attached hydrogen (secondary N) is 5. The van der Waals surface area contributed by atoms with Crippen LogP contribution in [0.1, 0.15) is 83.7 Å². The summed E-state index contributed by atoms with van der Waals surface area (Å²) in [5.41, 5.74) is 0.319. The van der Waals surface area contributed by atoms with Crippen LogP contribution < -0.4 is 26.6 Å². The molecule has 5 amide bonds. The highest BCUT2D eigenvalue weighted by Crippen LogP contribution is 2.27. The van der Waals surface area contributed by atoms with Gasteiger partial charge in [0.1, 0.15) is 12.1 Å². The molecule has 48 heavy (non-hydrogen) atoms. The molecule has 0 aliphatic heterocycles. The van der Waals surface area contributed by atoms with Crippen LogP contribution in [-0.2, 0) is 33.5 Å². The van der Waals surface area contributed by atoms with Crippen LogP contribution >= 0.6 is 0 Å². The number of aliphatic carboxylic acids is 1. The lowest BCUT2D eigenvalue weighted by molar-refractivity contribution is -0.142. The molecule has 2 rings (SSSR count). The van der Waals surface area contributed by atoms with Gasteiger partial charge >= 0.3 is 12.1 Å². The summed E-state index contributed by atoms with van der Waals surface area (Å²) in [5.74, 6) is -5.70. The van der Waals surface area contributed by atoms with Crippen LogP contribution in [0.5, 0.6) is 0 Å². The molecule has 264 valence electrons. The van der Waals surface area contributed by atoms with E-state index in [0.717, 1.165) is 19.3 Å². The quantitative estimate of drug-likeness (QED) is 0.0940. The van der Waals surface area contributed by atoms with Gasteiger partial charge in [0.2, 0.25) is 23.5 Å². The van der Waals surface area contributed by atoms with Crippen LogP contribution in [0.15, 0.2) is 43.0 Å². The van der Waals surface area contributed by atoms with Crippen LogP contribution in [0.3, 0.4) is 0 Å². The summed E-state index contributed by atoms with van der Waals surface area (Å²) in [6, 6.07) is 3.21. The summed E-state index contributed by atoms with van der Waals surface area (Å²) in [5, 5.41) is 21.9. The molecule has 14 nitrogen and oxygen atoms in total. The highest BCUT2D eigenvalue weighted by Gasteiger charge is 2.35. The Hall–Kier alpha value is -4.75. The van der Waals surface area contributed by atoms with E-state index in [2.05, 4.69) is 33.2 Å². The van der Waals surface area contributed by atoms with Gasteiger partial charge < -0.3 is 36.4 Å². The molecular formula is C34H49N5O9. The topological polar surface area (TPSA) is 209 Å². The van der Waals surface area contributed by atoms with Crippen molar-refractivity contribution in [3.05, 3.63) is 48.6 Å². The van der Waals surface area contributed by atoms with Gasteiger partial charge in [0.15, 0.2) is 6.04 Å². The van der Waals surface area contributed by atoms with Crippen molar-refractivity contribution in [2.45, 2.75) is 96.3 Å². The average molecular weight is 672 g/mol. The first kappa shape index (κ1) is 39.4. The molecule has 1 aliphatic carbocycles. The van der Waals surface area contributed by atoms with Gasteiger partial charge in [-0.15, -0.1) is 6.58 Å². The molecule has 0 aromatic heterocycles. The zero-order valence-corrected chi connectivity index (χ0v) is 27.9. The molecular weight excluding hydrogens is 622 g/mol. The first-order valence-electron chi connectivity index (χ1n) is 16.4. The lowest BCUT2D eigenvalue weighted by Gasteiger charge is -2.31. The number of ketones is 1. The number of alkyl carbamates (subject to hydrolysis) is 1. The lowest BCUT2D eigenvalue weighted by atomic mass is 9.83. The number of hydrogen-bond acceptors (Lipinski definition) is 8. The third-order valence-electron chi connectivity index (χ3n) is 7.79. The summed E-state index contributed by atoms with van der Waals surface area (Å²) in [4.78, 5) is 89.3. The first-order chi connectivity index (χ1) is 22.9. The van der Waals surface area contributed by atoms with Gasteiger partial charge in [-0.1, -0.05) is 82.9 Å². The van der Waals surface area contributed by atoms with Crippen LogP contribution in [0.4, 0.5) is 4.79 Å². The van der Waals surface area contributed by atoms with E-state index in [-0.39, 0.29) is 31.3 Å². The van der Waals surface area contributed by atoms with E-state index in [4.69, 9.17) is 4.74 Å². The predicted octanol–water partition coefficient (Wildman–Crippen LogP) is 2.29. The van der Waals surface area contributed by atoms with Crippen molar-refractivity contribution >= 4 is 41.5 Å². The number of amides is 5. The standard InChI is InChI=1S/C34H49N5O9/c1-5-13-24(29(41)32(44)35-19-26(40)38-28(33(45)46)23-17-11-8-12-18-23)36-30(42)25(14-6-2)37-31(43)27(22-15-9-7-10-16-22)39-34(47)48-20-21(3)4/h6,8,11-12,17-18,21-22,24-25,27-28H,2,5,7,9-10,13-16,19-20H2,1,3-4H3,(H,35,44)(H,36,42)(H,37,43)(H,38,40)(H,39,47)(H,45,46)/t24?,25-,27-,28?/m0/s1. The molecule has 0 heterocycles. The van der Waals surface area contributed by atoms with E-state index < -0.39 is 72.2 Å². The summed E-state index contributed by atoms with van der Waals surface area (Å²) in [7, 11) is 0. The Labute approximate surface area is 281 Å². The molecule has 1 saturated carbocycles. The number of carbonyl (C=O) groups is 7. The number of carboxylic acids is 1. The van der Waals surface area contributed by atoms with E-state index in [0.29, 0.717) is 24.8 Å². The number of benzene rings is 1. The van der Waals surface area contributed by atoms with Gasteiger partial charge in [0.05, 0.1) is 19.2 Å². The molecule has 0 saturated heterocycles. The van der Waals surface area contributed by atoms with Gasteiger partial charge in [0.25, 0.3) is 5.91 Å². The molecule has 1 fully saturated rings. The van der Waals surface area contributed by atoms with Crippen molar-refractivity contribution in [1.29, 1.82) is 0 Å². The molecule has 14 heteroatoms. The molecule has 1 aliphatic rings. The van der Waals surface area contributed by atoms with E-state index >= 15 is 0 Å². The van der Waals surface area contributed by atoms with Gasteiger partial charge in [0, 0.05) is 0 Å². The van der Waals surface area contributed by atoms with Crippen molar-refractivity contribution < 1.29 is 43.4 Å². The van der Waals surface area contributed by atoms with Gasteiger partial charge in [-0.3, -0.25) is 24.0 Å². The summed E-state index contributed by atoms with van der Waals surface area (Å²) in [6.45, 7) is 8.67. The van der Waals surface area contributed by atoms with Crippen LogP contribution in [0.25, 0.3) is 0 Å². The Bertz CT molecular complexity index is 1280. The second-order valence-electron chi connectivity index (χ2n) is 12.2. The molecule has 0 bridgehead atoms. The van der Waals surface area contributed by atoms with Crippen molar-refractivity contribution in [3.8, 4) is 0 Å². The zero-order valence-electron chi connectivity index (χ0n) is 27.9. The van der Waals surface area contributed by atoms with Crippen LogP contribution in [0, 0.1) is 11.8 Å².